The molecule has 0 aromatic heterocycles. The molecule has 0 saturated carbocycles. The second-order valence-corrected chi connectivity index (χ2v) is 12.0. The zero-order valence-corrected chi connectivity index (χ0v) is 20.0. The van der Waals surface area contributed by atoms with Crippen LogP contribution in [0.25, 0.3) is 10.8 Å². The van der Waals surface area contributed by atoms with Crippen molar-refractivity contribution in [2.75, 3.05) is 11.3 Å². The molecule has 4 aromatic carbocycles. The fourth-order valence-corrected chi connectivity index (χ4v) is 7.04. The van der Waals surface area contributed by atoms with Crippen LogP contribution in [0.1, 0.15) is 16.7 Å². The van der Waals surface area contributed by atoms with Gasteiger partial charge in [-0.1, -0.05) is 66.7 Å². The molecule has 34 heavy (non-hydrogen) atoms. The van der Waals surface area contributed by atoms with Crippen molar-refractivity contribution in [3.8, 4) is 0 Å². The maximum atomic E-state index is 13.0. The topological polar surface area (TPSA) is 83.6 Å². The van der Waals surface area contributed by atoms with Crippen LogP contribution in [0, 0.1) is 0 Å². The standard InChI is InChI=1S/C26H24N2O4S2/c29-33(30,19-22-9-6-8-21-7-4-5-12-26(21)22)27-24-14-13-20-15-16-28(18-23(20)17-24)34(31,32)25-10-2-1-3-11-25/h1-14,17,27H,15-16,18-19H2. The van der Waals surface area contributed by atoms with Gasteiger partial charge in [0.2, 0.25) is 20.0 Å². The maximum absolute atomic E-state index is 13.0. The molecule has 5 rings (SSSR count). The average Bonchev–Trinajstić information content (AvgIpc) is 2.84. The van der Waals surface area contributed by atoms with Crippen LogP contribution in [0.4, 0.5) is 5.69 Å². The summed E-state index contributed by atoms with van der Waals surface area (Å²) in [6.07, 6.45) is 0.574. The van der Waals surface area contributed by atoms with E-state index in [2.05, 4.69) is 4.72 Å². The predicted molar refractivity (Wildman–Crippen MR) is 134 cm³/mol. The van der Waals surface area contributed by atoms with Gasteiger partial charge in [-0.25, -0.2) is 16.8 Å². The average molecular weight is 493 g/mol. The fourth-order valence-electron chi connectivity index (χ4n) is 4.38. The smallest absolute Gasteiger partial charge is 0.243 e. The van der Waals surface area contributed by atoms with Gasteiger partial charge in [-0.3, -0.25) is 4.72 Å². The van der Waals surface area contributed by atoms with Gasteiger partial charge in [-0.05, 0) is 58.1 Å². The highest BCUT2D eigenvalue weighted by molar-refractivity contribution is 7.92. The van der Waals surface area contributed by atoms with E-state index in [0.29, 0.717) is 18.7 Å². The minimum atomic E-state index is -3.67. The molecular weight excluding hydrogens is 468 g/mol. The summed E-state index contributed by atoms with van der Waals surface area (Å²) in [6, 6.07) is 27.0. The van der Waals surface area contributed by atoms with Crippen molar-refractivity contribution in [3.63, 3.8) is 0 Å². The van der Waals surface area contributed by atoms with E-state index in [0.717, 1.165) is 27.5 Å². The number of rotatable bonds is 6. The summed E-state index contributed by atoms with van der Waals surface area (Å²) in [5.74, 6) is -0.153. The summed E-state index contributed by atoms with van der Waals surface area (Å²) >= 11 is 0. The molecule has 174 valence electrons. The van der Waals surface area contributed by atoms with Gasteiger partial charge in [0.1, 0.15) is 0 Å². The molecule has 0 radical (unpaired) electrons. The Morgan fingerprint density at radius 1 is 0.765 bits per heavy atom. The quantitative estimate of drug-likeness (QED) is 0.429. The molecule has 1 aliphatic rings. The lowest BCUT2D eigenvalue weighted by Crippen LogP contribution is -2.36. The Kier molecular flexibility index (Phi) is 5.89. The summed E-state index contributed by atoms with van der Waals surface area (Å²) in [7, 11) is -7.29. The molecule has 1 heterocycles. The molecule has 0 unspecified atom stereocenters. The van der Waals surface area contributed by atoms with E-state index in [4.69, 9.17) is 0 Å². The summed E-state index contributed by atoms with van der Waals surface area (Å²) in [5.41, 5.74) is 2.98. The van der Waals surface area contributed by atoms with Crippen molar-refractivity contribution in [2.24, 2.45) is 0 Å². The first-order chi connectivity index (χ1) is 16.3. The van der Waals surface area contributed by atoms with E-state index in [1.807, 2.05) is 48.5 Å². The van der Waals surface area contributed by atoms with Crippen molar-refractivity contribution in [1.29, 1.82) is 0 Å². The predicted octanol–water partition coefficient (Wildman–Crippen LogP) is 4.53. The summed E-state index contributed by atoms with van der Waals surface area (Å²) in [4.78, 5) is 0.255. The van der Waals surface area contributed by atoms with Crippen molar-refractivity contribution < 1.29 is 16.8 Å². The second-order valence-electron chi connectivity index (χ2n) is 8.38. The Hall–Kier alpha value is -3.20. The van der Waals surface area contributed by atoms with E-state index in [1.165, 1.54) is 4.31 Å². The number of nitrogens with one attached hydrogen (secondary N) is 1. The van der Waals surface area contributed by atoms with Crippen molar-refractivity contribution >= 4 is 36.5 Å². The first-order valence-corrected chi connectivity index (χ1v) is 14.1. The third-order valence-corrected chi connectivity index (χ3v) is 9.16. The van der Waals surface area contributed by atoms with Crippen LogP contribution in [0.2, 0.25) is 0 Å². The molecule has 1 aliphatic heterocycles. The van der Waals surface area contributed by atoms with E-state index < -0.39 is 20.0 Å². The molecule has 0 atom stereocenters. The number of anilines is 1. The molecule has 0 aliphatic carbocycles. The number of nitrogens with zero attached hydrogens (tertiary/aromatic N) is 1. The molecular formula is C26H24N2O4S2. The normalized spacial score (nSPS) is 14.6. The lowest BCUT2D eigenvalue weighted by molar-refractivity contribution is 0.391. The first kappa shape index (κ1) is 22.6. The molecule has 0 saturated heterocycles. The first-order valence-electron chi connectivity index (χ1n) is 11.0. The third kappa shape index (κ3) is 4.57. The van der Waals surface area contributed by atoms with Crippen LogP contribution in [0.5, 0.6) is 0 Å². The van der Waals surface area contributed by atoms with Crippen LogP contribution in [-0.4, -0.2) is 27.7 Å². The highest BCUT2D eigenvalue weighted by Crippen LogP contribution is 2.28. The number of benzene rings is 4. The van der Waals surface area contributed by atoms with Crippen LogP contribution in [0.15, 0.2) is 95.9 Å². The van der Waals surface area contributed by atoms with Crippen molar-refractivity contribution in [3.05, 3.63) is 108 Å². The molecule has 4 aromatic rings. The Morgan fingerprint density at radius 2 is 1.50 bits per heavy atom. The Labute approximate surface area is 200 Å². The van der Waals surface area contributed by atoms with E-state index >= 15 is 0 Å². The van der Waals surface area contributed by atoms with Crippen LogP contribution in [0.3, 0.4) is 0 Å². The van der Waals surface area contributed by atoms with E-state index in [-0.39, 0.29) is 17.2 Å². The van der Waals surface area contributed by atoms with Crippen molar-refractivity contribution in [2.45, 2.75) is 23.6 Å². The van der Waals surface area contributed by atoms with Crippen LogP contribution >= 0.6 is 0 Å². The van der Waals surface area contributed by atoms with Gasteiger partial charge in [0, 0.05) is 18.8 Å². The largest absolute Gasteiger partial charge is 0.283 e. The minimum Gasteiger partial charge on any atom is -0.283 e. The number of sulfonamides is 2. The zero-order valence-electron chi connectivity index (χ0n) is 18.4. The van der Waals surface area contributed by atoms with Gasteiger partial charge < -0.3 is 0 Å². The van der Waals surface area contributed by atoms with Crippen LogP contribution < -0.4 is 4.72 Å². The Bertz CT molecular complexity index is 1560. The Morgan fingerprint density at radius 3 is 2.32 bits per heavy atom. The van der Waals surface area contributed by atoms with Gasteiger partial charge in [-0.15, -0.1) is 0 Å². The summed E-state index contributed by atoms with van der Waals surface area (Å²) in [6.45, 7) is 0.585. The molecule has 0 amide bonds. The lowest BCUT2D eigenvalue weighted by Gasteiger charge is -2.28. The highest BCUT2D eigenvalue weighted by atomic mass is 32.2. The minimum absolute atomic E-state index is 0.153. The number of hydrogen-bond acceptors (Lipinski definition) is 4. The van der Waals surface area contributed by atoms with Gasteiger partial charge in [0.25, 0.3) is 0 Å². The Balaban J connectivity index is 1.37. The van der Waals surface area contributed by atoms with Gasteiger partial charge >= 0.3 is 0 Å². The van der Waals surface area contributed by atoms with Gasteiger partial charge in [0.05, 0.1) is 10.6 Å². The van der Waals surface area contributed by atoms with E-state index in [9.17, 15) is 16.8 Å². The lowest BCUT2D eigenvalue weighted by atomic mass is 10.0. The molecule has 1 N–H and O–H groups in total. The van der Waals surface area contributed by atoms with E-state index in [1.54, 1.807) is 42.5 Å². The molecule has 0 fully saturated rings. The third-order valence-electron chi connectivity index (χ3n) is 6.06. The highest BCUT2D eigenvalue weighted by Gasteiger charge is 2.28. The molecule has 0 bridgehead atoms. The monoisotopic (exact) mass is 492 g/mol. The van der Waals surface area contributed by atoms with Gasteiger partial charge in [-0.2, -0.15) is 4.31 Å². The maximum Gasteiger partial charge on any atom is 0.243 e. The molecule has 0 spiro atoms. The molecule has 6 nitrogen and oxygen atoms in total. The number of fused-ring (bicyclic) bond motifs is 2. The summed E-state index contributed by atoms with van der Waals surface area (Å²) in [5, 5.41) is 1.89. The summed E-state index contributed by atoms with van der Waals surface area (Å²) < 4.78 is 56.1. The second kappa shape index (κ2) is 8.87. The zero-order chi connectivity index (χ0) is 23.8. The fraction of sp³-hybridized carbons (Fsp3) is 0.154. The van der Waals surface area contributed by atoms with Crippen LogP contribution in [-0.2, 0) is 38.8 Å². The molecule has 8 heteroatoms. The number of hydrogen-bond donors (Lipinski definition) is 1. The SMILES string of the molecule is O=S(=O)(Cc1cccc2ccccc12)Nc1ccc2c(c1)CN(S(=O)(=O)c1ccccc1)CC2. The van der Waals surface area contributed by atoms with Gasteiger partial charge in [0.15, 0.2) is 0 Å². The van der Waals surface area contributed by atoms with Crippen molar-refractivity contribution in [1.82, 2.24) is 4.31 Å².